The summed E-state index contributed by atoms with van der Waals surface area (Å²) in [6, 6.07) is 6.16. The molecule has 10 heteroatoms. The van der Waals surface area contributed by atoms with Crippen molar-refractivity contribution in [2.75, 3.05) is 25.5 Å². The lowest BCUT2D eigenvalue weighted by atomic mass is 10.3. The molecular weight excluding hydrogens is 367 g/mol. The number of alkyl halides is 3. The van der Waals surface area contributed by atoms with Gasteiger partial charge in [0.1, 0.15) is 12.4 Å². The zero-order valence-corrected chi connectivity index (χ0v) is 14.0. The summed E-state index contributed by atoms with van der Waals surface area (Å²) in [6.07, 6.45) is -4.53. The number of hydrogen-bond donors (Lipinski definition) is 1. The fourth-order valence-electron chi connectivity index (χ4n) is 1.58. The Hall–Kier alpha value is -2.00. The van der Waals surface area contributed by atoms with Crippen LogP contribution in [0.5, 0.6) is 5.75 Å². The van der Waals surface area contributed by atoms with E-state index in [1.165, 1.54) is 11.9 Å². The number of rotatable bonds is 5. The number of benzene rings is 1. The van der Waals surface area contributed by atoms with Crippen LogP contribution < -0.4 is 10.1 Å². The topological polar surface area (TPSA) is 54.5 Å². The summed E-state index contributed by atoms with van der Waals surface area (Å²) in [5.41, 5.74) is -1.03. The first kappa shape index (κ1) is 18.3. The molecule has 2 aromatic rings. The molecule has 1 aromatic heterocycles. The van der Waals surface area contributed by atoms with E-state index in [0.29, 0.717) is 22.1 Å². The van der Waals surface area contributed by atoms with Gasteiger partial charge in [-0.05, 0) is 24.3 Å². The van der Waals surface area contributed by atoms with E-state index < -0.39 is 17.9 Å². The predicted molar refractivity (Wildman–Crippen MR) is 85.7 cm³/mol. The number of nitrogens with zero attached hydrogens (tertiary/aromatic N) is 2. The van der Waals surface area contributed by atoms with Crippen molar-refractivity contribution >= 4 is 34.1 Å². The summed E-state index contributed by atoms with van der Waals surface area (Å²) < 4.78 is 42.8. The first-order valence-electron chi connectivity index (χ1n) is 6.69. The molecule has 2 rings (SSSR count). The van der Waals surface area contributed by atoms with Crippen LogP contribution in [0.2, 0.25) is 5.02 Å². The molecule has 0 bridgehead atoms. The molecule has 0 fully saturated rings. The fourth-order valence-corrected chi connectivity index (χ4v) is 2.41. The van der Waals surface area contributed by atoms with Gasteiger partial charge in [-0.15, -0.1) is 11.3 Å². The van der Waals surface area contributed by atoms with E-state index in [9.17, 15) is 18.0 Å². The lowest BCUT2D eigenvalue weighted by Gasteiger charge is -2.17. The van der Waals surface area contributed by atoms with Crippen molar-refractivity contribution in [3.63, 3.8) is 0 Å². The van der Waals surface area contributed by atoms with Crippen LogP contribution in [0, 0.1) is 0 Å². The molecule has 0 unspecified atom stereocenters. The van der Waals surface area contributed by atoms with E-state index >= 15 is 0 Å². The van der Waals surface area contributed by atoms with Gasteiger partial charge in [-0.2, -0.15) is 13.2 Å². The zero-order chi connectivity index (χ0) is 17.7. The van der Waals surface area contributed by atoms with Crippen LogP contribution >= 0.6 is 22.9 Å². The van der Waals surface area contributed by atoms with E-state index in [4.69, 9.17) is 16.3 Å². The number of thiazole rings is 1. The third-order valence-electron chi connectivity index (χ3n) is 2.86. The zero-order valence-electron chi connectivity index (χ0n) is 12.4. The second-order valence-electron chi connectivity index (χ2n) is 4.69. The van der Waals surface area contributed by atoms with Gasteiger partial charge in [-0.3, -0.25) is 5.32 Å². The van der Waals surface area contributed by atoms with E-state index in [1.54, 1.807) is 24.3 Å². The number of ether oxygens (including phenoxy) is 1. The minimum Gasteiger partial charge on any atom is -0.492 e. The highest BCUT2D eigenvalue weighted by molar-refractivity contribution is 7.13. The number of anilines is 1. The first-order chi connectivity index (χ1) is 11.3. The number of carbonyl (C=O) groups excluding carboxylic acids is 1. The van der Waals surface area contributed by atoms with E-state index in [0.717, 1.165) is 5.38 Å². The standard InChI is InChI=1S/C14H13ClF3N3O2S/c1-21(6-7-23-10-4-2-9(15)3-5-10)13(22)20-12-19-11(8-24-12)14(16,17)18/h2-5,8H,6-7H2,1H3,(H,19,20,22). The third-order valence-corrected chi connectivity index (χ3v) is 3.87. The Kier molecular flexibility index (Phi) is 5.89. The second-order valence-corrected chi connectivity index (χ2v) is 5.98. The van der Waals surface area contributed by atoms with Gasteiger partial charge in [0, 0.05) is 17.5 Å². The molecule has 0 saturated carbocycles. The van der Waals surface area contributed by atoms with Crippen LogP contribution in [-0.4, -0.2) is 36.1 Å². The number of aromatic nitrogens is 1. The number of halogens is 4. The Morgan fingerprint density at radius 3 is 2.62 bits per heavy atom. The average Bonchev–Trinajstić information content (AvgIpc) is 2.98. The highest BCUT2D eigenvalue weighted by atomic mass is 35.5. The lowest BCUT2D eigenvalue weighted by molar-refractivity contribution is -0.140. The Bertz CT molecular complexity index is 691. The summed E-state index contributed by atoms with van der Waals surface area (Å²) in [5.74, 6) is 0.600. The van der Waals surface area contributed by atoms with Crippen LogP contribution in [0.4, 0.5) is 23.1 Å². The predicted octanol–water partition coefficient (Wildman–Crippen LogP) is 4.36. The second kappa shape index (κ2) is 7.71. The van der Waals surface area contributed by atoms with Crippen LogP contribution in [0.15, 0.2) is 29.6 Å². The van der Waals surface area contributed by atoms with Gasteiger partial charge >= 0.3 is 12.2 Å². The van der Waals surface area contributed by atoms with E-state index in [2.05, 4.69) is 10.3 Å². The molecule has 0 aliphatic rings. The number of likely N-dealkylation sites (N-methyl/N-ethyl adjacent to an activating group) is 1. The number of nitrogens with one attached hydrogen (secondary N) is 1. The molecular formula is C14H13ClF3N3O2S. The molecule has 0 atom stereocenters. The van der Waals surface area contributed by atoms with Crippen LogP contribution in [0.1, 0.15) is 5.69 Å². The third kappa shape index (κ3) is 5.27. The highest BCUT2D eigenvalue weighted by Crippen LogP contribution is 2.31. The molecule has 0 aliphatic heterocycles. The number of urea groups is 1. The maximum absolute atomic E-state index is 12.4. The van der Waals surface area contributed by atoms with Gasteiger partial charge in [0.05, 0.1) is 6.54 Å². The Balaban J connectivity index is 1.79. The van der Waals surface area contributed by atoms with Gasteiger partial charge in [-0.25, -0.2) is 9.78 Å². The molecule has 1 N–H and O–H groups in total. The molecule has 2 amide bonds. The monoisotopic (exact) mass is 379 g/mol. The minimum atomic E-state index is -4.53. The van der Waals surface area contributed by atoms with E-state index in [-0.39, 0.29) is 18.3 Å². The largest absolute Gasteiger partial charge is 0.492 e. The van der Waals surface area contributed by atoms with Crippen LogP contribution in [0.3, 0.4) is 0 Å². The maximum atomic E-state index is 12.4. The smallest absolute Gasteiger partial charge is 0.434 e. The number of carbonyl (C=O) groups is 1. The van der Waals surface area contributed by atoms with Gasteiger partial charge < -0.3 is 9.64 Å². The van der Waals surface area contributed by atoms with Crippen molar-refractivity contribution in [3.8, 4) is 5.75 Å². The van der Waals surface area contributed by atoms with Gasteiger partial charge in [0.25, 0.3) is 0 Å². The summed E-state index contributed by atoms with van der Waals surface area (Å²) in [6.45, 7) is 0.461. The molecule has 0 aliphatic carbocycles. The minimum absolute atomic E-state index is 0.113. The Morgan fingerprint density at radius 2 is 2.04 bits per heavy atom. The molecule has 0 radical (unpaired) electrons. The Morgan fingerprint density at radius 1 is 1.38 bits per heavy atom. The molecule has 5 nitrogen and oxygen atoms in total. The molecule has 1 aromatic carbocycles. The van der Waals surface area contributed by atoms with Gasteiger partial charge in [-0.1, -0.05) is 11.6 Å². The summed E-state index contributed by atoms with van der Waals surface area (Å²) >= 11 is 6.46. The molecule has 130 valence electrons. The van der Waals surface area contributed by atoms with Crippen molar-refractivity contribution in [1.29, 1.82) is 0 Å². The summed E-state index contributed by atoms with van der Waals surface area (Å²) in [7, 11) is 1.50. The SMILES string of the molecule is CN(CCOc1ccc(Cl)cc1)C(=O)Nc1nc(C(F)(F)F)cs1. The van der Waals surface area contributed by atoms with Gasteiger partial charge in [0.15, 0.2) is 10.8 Å². The summed E-state index contributed by atoms with van der Waals surface area (Å²) in [5, 5.41) is 3.63. The normalized spacial score (nSPS) is 11.2. The van der Waals surface area contributed by atoms with Crippen LogP contribution in [0.25, 0.3) is 0 Å². The van der Waals surface area contributed by atoms with Gasteiger partial charge in [0.2, 0.25) is 0 Å². The summed E-state index contributed by atoms with van der Waals surface area (Å²) in [4.78, 5) is 16.5. The van der Waals surface area contributed by atoms with E-state index in [1.807, 2.05) is 0 Å². The molecule has 1 heterocycles. The maximum Gasteiger partial charge on any atom is 0.434 e. The van der Waals surface area contributed by atoms with Crippen LogP contribution in [-0.2, 0) is 6.18 Å². The quantitative estimate of drug-likeness (QED) is 0.839. The van der Waals surface area contributed by atoms with Crippen molar-refractivity contribution in [2.45, 2.75) is 6.18 Å². The first-order valence-corrected chi connectivity index (χ1v) is 7.94. The molecule has 0 saturated heterocycles. The van der Waals surface area contributed by atoms with Crippen molar-refractivity contribution < 1.29 is 22.7 Å². The molecule has 0 spiro atoms. The van der Waals surface area contributed by atoms with Crippen molar-refractivity contribution in [2.24, 2.45) is 0 Å². The average molecular weight is 380 g/mol. The highest BCUT2D eigenvalue weighted by Gasteiger charge is 2.34. The number of hydrogen-bond acceptors (Lipinski definition) is 4. The molecule has 24 heavy (non-hydrogen) atoms. The Labute approximate surface area is 145 Å². The van der Waals surface area contributed by atoms with Crippen molar-refractivity contribution in [1.82, 2.24) is 9.88 Å². The lowest BCUT2D eigenvalue weighted by Crippen LogP contribution is -2.34. The van der Waals surface area contributed by atoms with Crippen molar-refractivity contribution in [3.05, 3.63) is 40.4 Å². The number of amides is 2. The fraction of sp³-hybridized carbons (Fsp3) is 0.286.